The molecule has 0 saturated carbocycles. The molecule has 5 heteroatoms. The maximum Gasteiger partial charge on any atom is 0.407 e. The maximum atomic E-state index is 11.7. The number of amides is 1. The van der Waals surface area contributed by atoms with E-state index in [0.29, 0.717) is 12.5 Å². The number of ether oxygens (including phenoxy) is 2. The van der Waals surface area contributed by atoms with Crippen molar-refractivity contribution in [3.8, 4) is 5.75 Å². The largest absolute Gasteiger partial charge is 0.493 e. The molecule has 1 fully saturated rings. The quantitative estimate of drug-likeness (QED) is 0.745. The molecule has 0 bridgehead atoms. The topological polar surface area (TPSA) is 50.8 Å². The van der Waals surface area contributed by atoms with Crippen molar-refractivity contribution < 1.29 is 14.3 Å². The summed E-state index contributed by atoms with van der Waals surface area (Å²) in [5, 5.41) is 2.90. The van der Waals surface area contributed by atoms with Crippen LogP contribution in [0.15, 0.2) is 24.3 Å². The number of likely N-dealkylation sites (tertiary alicyclic amines) is 1. The summed E-state index contributed by atoms with van der Waals surface area (Å²) in [6, 6.07) is 8.15. The van der Waals surface area contributed by atoms with Gasteiger partial charge in [-0.3, -0.25) is 0 Å². The first-order valence-corrected chi connectivity index (χ1v) is 9.71. The molecule has 1 aromatic carbocycles. The van der Waals surface area contributed by atoms with Crippen molar-refractivity contribution in [1.82, 2.24) is 10.2 Å². The van der Waals surface area contributed by atoms with Crippen molar-refractivity contribution in [1.29, 1.82) is 0 Å². The van der Waals surface area contributed by atoms with Gasteiger partial charge in [-0.15, -0.1) is 0 Å². The zero-order chi connectivity index (χ0) is 19.0. The normalized spacial score (nSPS) is 16.3. The van der Waals surface area contributed by atoms with Crippen LogP contribution < -0.4 is 10.1 Å². The fraction of sp³-hybridized carbons (Fsp3) is 0.667. The Morgan fingerprint density at radius 2 is 1.92 bits per heavy atom. The van der Waals surface area contributed by atoms with Crippen LogP contribution in [0.3, 0.4) is 0 Å². The van der Waals surface area contributed by atoms with Crippen LogP contribution in [0.1, 0.15) is 45.6 Å². The van der Waals surface area contributed by atoms with Gasteiger partial charge in [-0.25, -0.2) is 4.79 Å². The number of alkyl carbamates (subject to hydrolysis) is 1. The van der Waals surface area contributed by atoms with Crippen molar-refractivity contribution in [3.63, 3.8) is 0 Å². The van der Waals surface area contributed by atoms with Crippen LogP contribution >= 0.6 is 0 Å². The molecule has 26 heavy (non-hydrogen) atoms. The lowest BCUT2D eigenvalue weighted by Gasteiger charge is -2.32. The molecule has 1 saturated heterocycles. The van der Waals surface area contributed by atoms with Gasteiger partial charge >= 0.3 is 6.09 Å². The molecule has 0 spiro atoms. The average molecular weight is 363 g/mol. The molecule has 0 radical (unpaired) electrons. The smallest absolute Gasteiger partial charge is 0.407 e. The van der Waals surface area contributed by atoms with Gasteiger partial charge in [0.2, 0.25) is 0 Å². The van der Waals surface area contributed by atoms with Gasteiger partial charge in [0.25, 0.3) is 0 Å². The van der Waals surface area contributed by atoms with Crippen molar-refractivity contribution in [2.45, 2.75) is 52.6 Å². The highest BCUT2D eigenvalue weighted by molar-refractivity contribution is 5.67. The summed E-state index contributed by atoms with van der Waals surface area (Å²) in [4.78, 5) is 14.2. The zero-order valence-electron chi connectivity index (χ0n) is 16.7. The minimum absolute atomic E-state index is 0.312. The first-order chi connectivity index (χ1) is 12.3. The highest BCUT2D eigenvalue weighted by Gasteiger charge is 2.21. The summed E-state index contributed by atoms with van der Waals surface area (Å²) in [5.74, 6) is 1.53. The summed E-state index contributed by atoms with van der Waals surface area (Å²) in [6.45, 7) is 12.4. The Kier molecular flexibility index (Phi) is 7.76. The van der Waals surface area contributed by atoms with Crippen LogP contribution in [-0.4, -0.2) is 49.4 Å². The molecule has 0 atom stereocenters. The highest BCUT2D eigenvalue weighted by Crippen LogP contribution is 2.18. The van der Waals surface area contributed by atoms with Crippen molar-refractivity contribution in [2.75, 3.05) is 32.8 Å². The average Bonchev–Trinajstić information content (AvgIpc) is 2.58. The fourth-order valence-corrected chi connectivity index (χ4v) is 3.14. The van der Waals surface area contributed by atoms with Crippen molar-refractivity contribution >= 4 is 6.09 Å². The second kappa shape index (κ2) is 9.81. The van der Waals surface area contributed by atoms with Gasteiger partial charge in [0.05, 0.1) is 6.61 Å². The van der Waals surface area contributed by atoms with Crippen molar-refractivity contribution in [3.05, 3.63) is 29.8 Å². The Bertz CT molecular complexity index is 561. The lowest BCUT2D eigenvalue weighted by atomic mass is 9.97. The molecule has 0 aliphatic carbocycles. The fourth-order valence-electron chi connectivity index (χ4n) is 3.14. The molecule has 5 nitrogen and oxygen atoms in total. The van der Waals surface area contributed by atoms with Crippen molar-refractivity contribution in [2.24, 2.45) is 5.92 Å². The molecule has 1 N–H and O–H groups in total. The Balaban J connectivity index is 1.56. The number of carbonyl (C=O) groups excluding carboxylic acids is 1. The summed E-state index contributed by atoms with van der Waals surface area (Å²) in [7, 11) is 0. The van der Waals surface area contributed by atoms with Crippen LogP contribution in [-0.2, 0) is 4.74 Å². The third kappa shape index (κ3) is 7.65. The van der Waals surface area contributed by atoms with Gasteiger partial charge in [0.15, 0.2) is 0 Å². The standard InChI is InChI=1S/C21H34N2O3/c1-17-8-5-6-9-19(17)25-15-7-12-23-13-10-18(11-14-23)16-22-20(24)26-21(2,3)4/h5-6,8-9,18H,7,10-16H2,1-4H3,(H,22,24). The van der Waals surface area contributed by atoms with E-state index in [0.717, 1.165) is 51.3 Å². The van der Waals surface area contributed by atoms with E-state index < -0.39 is 5.60 Å². The van der Waals surface area contributed by atoms with Crippen LogP contribution in [0, 0.1) is 12.8 Å². The molecule has 1 heterocycles. The lowest BCUT2D eigenvalue weighted by Crippen LogP contribution is -2.40. The number of aryl methyl sites for hydroxylation is 1. The van der Waals surface area contributed by atoms with E-state index in [4.69, 9.17) is 9.47 Å². The summed E-state index contributed by atoms with van der Waals surface area (Å²) in [5.41, 5.74) is 0.749. The van der Waals surface area contributed by atoms with E-state index >= 15 is 0 Å². The van der Waals surface area contributed by atoms with E-state index in [1.165, 1.54) is 5.56 Å². The van der Waals surface area contributed by atoms with Crippen LogP contribution in [0.4, 0.5) is 4.79 Å². The Labute approximate surface area is 158 Å². The zero-order valence-corrected chi connectivity index (χ0v) is 16.7. The van der Waals surface area contributed by atoms with Gasteiger partial charge in [-0.1, -0.05) is 18.2 Å². The minimum atomic E-state index is -0.437. The first-order valence-electron chi connectivity index (χ1n) is 9.71. The van der Waals surface area contributed by atoms with Gasteiger partial charge in [-0.2, -0.15) is 0 Å². The van der Waals surface area contributed by atoms with E-state index in [2.05, 4.69) is 23.2 Å². The number of nitrogens with one attached hydrogen (secondary N) is 1. The Morgan fingerprint density at radius 3 is 2.58 bits per heavy atom. The van der Waals surface area contributed by atoms with Gasteiger partial charge in [0, 0.05) is 13.1 Å². The molecule has 0 aromatic heterocycles. The van der Waals surface area contributed by atoms with Gasteiger partial charge in [-0.05, 0) is 77.6 Å². The number of carbonyl (C=O) groups is 1. The van der Waals surface area contributed by atoms with E-state index in [9.17, 15) is 4.79 Å². The number of piperidine rings is 1. The number of rotatable bonds is 7. The Morgan fingerprint density at radius 1 is 1.23 bits per heavy atom. The Hall–Kier alpha value is -1.75. The molecule has 0 unspecified atom stereocenters. The predicted octanol–water partition coefficient (Wildman–Crippen LogP) is 4.00. The second-order valence-electron chi connectivity index (χ2n) is 8.14. The number of benzene rings is 1. The van der Waals surface area contributed by atoms with Crippen LogP contribution in [0.2, 0.25) is 0 Å². The molecule has 1 aliphatic heterocycles. The molecular formula is C21H34N2O3. The van der Waals surface area contributed by atoms with E-state index in [1.54, 1.807) is 0 Å². The summed E-state index contributed by atoms with van der Waals surface area (Å²) >= 11 is 0. The molecule has 146 valence electrons. The summed E-state index contributed by atoms with van der Waals surface area (Å²) in [6.07, 6.45) is 2.96. The van der Waals surface area contributed by atoms with Crippen LogP contribution in [0.25, 0.3) is 0 Å². The lowest BCUT2D eigenvalue weighted by molar-refractivity contribution is 0.0509. The monoisotopic (exact) mass is 362 g/mol. The maximum absolute atomic E-state index is 11.7. The third-order valence-corrected chi connectivity index (χ3v) is 4.61. The third-order valence-electron chi connectivity index (χ3n) is 4.61. The minimum Gasteiger partial charge on any atom is -0.493 e. The number of hydrogen-bond donors (Lipinski definition) is 1. The molecule has 1 aliphatic rings. The van der Waals surface area contributed by atoms with E-state index in [1.807, 2.05) is 39.0 Å². The molecular weight excluding hydrogens is 328 g/mol. The van der Waals surface area contributed by atoms with Gasteiger partial charge < -0.3 is 19.7 Å². The number of hydrogen-bond acceptors (Lipinski definition) is 4. The van der Waals surface area contributed by atoms with Gasteiger partial charge in [0.1, 0.15) is 11.4 Å². The summed E-state index contributed by atoms with van der Waals surface area (Å²) < 4.78 is 11.2. The SMILES string of the molecule is Cc1ccccc1OCCCN1CCC(CNC(=O)OC(C)(C)C)CC1. The predicted molar refractivity (Wildman–Crippen MR) is 105 cm³/mol. The van der Waals surface area contributed by atoms with E-state index in [-0.39, 0.29) is 6.09 Å². The number of para-hydroxylation sites is 1. The molecule has 1 amide bonds. The molecule has 2 rings (SSSR count). The first kappa shape index (κ1) is 20.6. The van der Waals surface area contributed by atoms with Crippen LogP contribution in [0.5, 0.6) is 5.75 Å². The highest BCUT2D eigenvalue weighted by atomic mass is 16.6. The second-order valence-corrected chi connectivity index (χ2v) is 8.14. The number of nitrogens with zero attached hydrogens (tertiary/aromatic N) is 1. The molecule has 1 aromatic rings.